The molecule has 0 unspecified atom stereocenters. The van der Waals surface area contributed by atoms with Crippen LogP contribution in [-0.2, 0) is 6.54 Å². The summed E-state index contributed by atoms with van der Waals surface area (Å²) in [6, 6.07) is 9.95. The van der Waals surface area contributed by atoms with E-state index in [1.807, 2.05) is 30.3 Å². The lowest BCUT2D eigenvalue weighted by molar-refractivity contribution is 0.415. The number of benzene rings is 1. The minimum absolute atomic E-state index is 0.608. The summed E-state index contributed by atoms with van der Waals surface area (Å²) in [7, 11) is 1.65. The lowest BCUT2D eigenvalue weighted by Gasteiger charge is -2.08. The number of nitrogens with zero attached hydrogens (tertiary/aromatic N) is 4. The van der Waals surface area contributed by atoms with Crippen LogP contribution >= 0.6 is 11.8 Å². The van der Waals surface area contributed by atoms with Gasteiger partial charge in [-0.3, -0.25) is 4.57 Å². The maximum Gasteiger partial charge on any atom is 0.191 e. The van der Waals surface area contributed by atoms with Gasteiger partial charge in [-0.15, -0.1) is 16.8 Å². The molecular formula is C17H20N4OS. The minimum Gasteiger partial charge on any atom is -0.497 e. The Morgan fingerprint density at radius 3 is 2.74 bits per heavy atom. The van der Waals surface area contributed by atoms with Crippen molar-refractivity contribution in [2.75, 3.05) is 12.9 Å². The summed E-state index contributed by atoms with van der Waals surface area (Å²) in [6.45, 7) is 4.48. The molecule has 1 aromatic carbocycles. The monoisotopic (exact) mass is 328 g/mol. The molecule has 5 nitrogen and oxygen atoms in total. The number of thioether (sulfide) groups is 1. The number of nitriles is 1. The number of hydrogen-bond acceptors (Lipinski definition) is 5. The summed E-state index contributed by atoms with van der Waals surface area (Å²) in [5.41, 5.74) is 0.997. The summed E-state index contributed by atoms with van der Waals surface area (Å²) in [5, 5.41) is 18.1. The van der Waals surface area contributed by atoms with Crippen LogP contribution in [0.5, 0.6) is 5.75 Å². The van der Waals surface area contributed by atoms with E-state index in [4.69, 9.17) is 10.00 Å². The van der Waals surface area contributed by atoms with Crippen LogP contribution in [0.1, 0.15) is 19.3 Å². The smallest absolute Gasteiger partial charge is 0.191 e. The van der Waals surface area contributed by atoms with E-state index in [0.29, 0.717) is 13.0 Å². The molecule has 0 amide bonds. The average Bonchev–Trinajstić information content (AvgIpc) is 2.98. The topological polar surface area (TPSA) is 63.7 Å². The lowest BCUT2D eigenvalue weighted by Crippen LogP contribution is -2.01. The van der Waals surface area contributed by atoms with E-state index in [2.05, 4.69) is 27.4 Å². The Morgan fingerprint density at radius 1 is 1.30 bits per heavy atom. The fourth-order valence-corrected chi connectivity index (χ4v) is 3.06. The Hall–Kier alpha value is -2.26. The Morgan fingerprint density at radius 2 is 2.09 bits per heavy atom. The van der Waals surface area contributed by atoms with Gasteiger partial charge in [0.15, 0.2) is 11.0 Å². The summed E-state index contributed by atoms with van der Waals surface area (Å²) < 4.78 is 7.25. The predicted molar refractivity (Wildman–Crippen MR) is 92.4 cm³/mol. The maximum absolute atomic E-state index is 8.56. The van der Waals surface area contributed by atoms with Crippen LogP contribution in [-0.4, -0.2) is 27.6 Å². The molecule has 1 heterocycles. The van der Waals surface area contributed by atoms with Gasteiger partial charge >= 0.3 is 0 Å². The molecule has 0 spiro atoms. The van der Waals surface area contributed by atoms with Gasteiger partial charge in [0.05, 0.1) is 13.2 Å². The van der Waals surface area contributed by atoms with Crippen LogP contribution in [0, 0.1) is 11.3 Å². The molecular weight excluding hydrogens is 308 g/mol. The second kappa shape index (κ2) is 9.01. The van der Waals surface area contributed by atoms with Crippen molar-refractivity contribution < 1.29 is 4.74 Å². The Balaban J connectivity index is 2.13. The van der Waals surface area contributed by atoms with Crippen LogP contribution in [0.2, 0.25) is 0 Å². The van der Waals surface area contributed by atoms with E-state index in [1.54, 1.807) is 18.9 Å². The Bertz CT molecular complexity index is 673. The van der Waals surface area contributed by atoms with Crippen molar-refractivity contribution in [3.63, 3.8) is 0 Å². The molecule has 0 bridgehead atoms. The highest BCUT2D eigenvalue weighted by molar-refractivity contribution is 7.99. The van der Waals surface area contributed by atoms with Crippen molar-refractivity contribution in [1.82, 2.24) is 14.8 Å². The molecule has 0 aliphatic heterocycles. The molecule has 6 heteroatoms. The number of methoxy groups -OCH3 is 1. The van der Waals surface area contributed by atoms with Crippen LogP contribution in [0.15, 0.2) is 42.1 Å². The second-order valence-corrected chi connectivity index (χ2v) is 5.96. The zero-order valence-corrected chi connectivity index (χ0v) is 14.1. The minimum atomic E-state index is 0.608. The molecule has 23 heavy (non-hydrogen) atoms. The molecule has 2 rings (SSSR count). The number of aromatic nitrogens is 3. The van der Waals surface area contributed by atoms with E-state index in [0.717, 1.165) is 40.9 Å². The first-order valence-corrected chi connectivity index (χ1v) is 8.47. The largest absolute Gasteiger partial charge is 0.497 e. The lowest BCUT2D eigenvalue weighted by atomic mass is 10.2. The van der Waals surface area contributed by atoms with Crippen molar-refractivity contribution in [3.05, 3.63) is 36.9 Å². The molecule has 2 aromatic rings. The number of rotatable bonds is 9. The van der Waals surface area contributed by atoms with Gasteiger partial charge in [0, 0.05) is 24.3 Å². The number of unbranched alkanes of at least 4 members (excludes halogenated alkanes) is 2. The molecule has 0 atom stereocenters. The van der Waals surface area contributed by atoms with Gasteiger partial charge in [0.1, 0.15) is 5.75 Å². The van der Waals surface area contributed by atoms with Gasteiger partial charge in [0.2, 0.25) is 0 Å². The molecule has 0 radical (unpaired) electrons. The fourth-order valence-electron chi connectivity index (χ4n) is 2.11. The number of hydrogen-bond donors (Lipinski definition) is 0. The van der Waals surface area contributed by atoms with Crippen LogP contribution in [0.3, 0.4) is 0 Å². The zero-order valence-electron chi connectivity index (χ0n) is 13.2. The van der Waals surface area contributed by atoms with E-state index < -0.39 is 0 Å². The molecule has 0 saturated heterocycles. The summed E-state index contributed by atoms with van der Waals surface area (Å²) >= 11 is 1.67. The highest BCUT2D eigenvalue weighted by atomic mass is 32.2. The van der Waals surface area contributed by atoms with Gasteiger partial charge in [-0.05, 0) is 37.1 Å². The predicted octanol–water partition coefficient (Wildman–Crippen LogP) is 3.93. The van der Waals surface area contributed by atoms with E-state index in [9.17, 15) is 0 Å². The summed E-state index contributed by atoms with van der Waals surface area (Å²) in [4.78, 5) is 0. The fraction of sp³-hybridized carbons (Fsp3) is 0.353. The third-order valence-electron chi connectivity index (χ3n) is 3.29. The molecule has 0 saturated carbocycles. The second-order valence-electron chi connectivity index (χ2n) is 4.90. The van der Waals surface area contributed by atoms with Crippen molar-refractivity contribution in [2.24, 2.45) is 0 Å². The third-order valence-corrected chi connectivity index (χ3v) is 4.34. The number of ether oxygens (including phenoxy) is 1. The Labute approximate surface area is 141 Å². The highest BCUT2D eigenvalue weighted by Crippen LogP contribution is 2.26. The quantitative estimate of drug-likeness (QED) is 0.396. The normalized spacial score (nSPS) is 10.3. The van der Waals surface area contributed by atoms with Gasteiger partial charge in [-0.25, -0.2) is 0 Å². The van der Waals surface area contributed by atoms with Crippen LogP contribution < -0.4 is 4.74 Å². The standard InChI is InChI=1S/C17H20N4OS/c1-3-12-21-16(14-7-9-15(22-2)10-8-14)19-20-17(21)23-13-6-4-5-11-18/h3,7-10H,1,4-6,12-13H2,2H3. The van der Waals surface area contributed by atoms with Crippen molar-refractivity contribution >= 4 is 11.8 Å². The SMILES string of the molecule is C=CCn1c(SCCCCC#N)nnc1-c1ccc(OC)cc1. The first kappa shape index (κ1) is 17.1. The van der Waals surface area contributed by atoms with Gasteiger partial charge < -0.3 is 4.74 Å². The van der Waals surface area contributed by atoms with Gasteiger partial charge in [-0.1, -0.05) is 17.8 Å². The first-order chi connectivity index (χ1) is 11.3. The van der Waals surface area contributed by atoms with Crippen LogP contribution in [0.25, 0.3) is 11.4 Å². The number of allylic oxidation sites excluding steroid dienone is 1. The van der Waals surface area contributed by atoms with E-state index in [1.165, 1.54) is 0 Å². The van der Waals surface area contributed by atoms with E-state index >= 15 is 0 Å². The van der Waals surface area contributed by atoms with Crippen molar-refractivity contribution in [2.45, 2.75) is 31.0 Å². The summed E-state index contributed by atoms with van der Waals surface area (Å²) in [5.74, 6) is 2.57. The first-order valence-electron chi connectivity index (χ1n) is 7.48. The van der Waals surface area contributed by atoms with Crippen molar-refractivity contribution in [1.29, 1.82) is 5.26 Å². The zero-order chi connectivity index (χ0) is 16.5. The molecule has 0 N–H and O–H groups in total. The summed E-state index contributed by atoms with van der Waals surface area (Å²) in [6.07, 6.45) is 4.37. The van der Waals surface area contributed by atoms with Gasteiger partial charge in [0.25, 0.3) is 0 Å². The molecule has 0 aliphatic rings. The molecule has 120 valence electrons. The maximum atomic E-state index is 8.56. The third kappa shape index (κ3) is 4.60. The van der Waals surface area contributed by atoms with Crippen molar-refractivity contribution in [3.8, 4) is 23.2 Å². The van der Waals surface area contributed by atoms with E-state index in [-0.39, 0.29) is 0 Å². The van der Waals surface area contributed by atoms with Gasteiger partial charge in [-0.2, -0.15) is 5.26 Å². The molecule has 0 aliphatic carbocycles. The highest BCUT2D eigenvalue weighted by Gasteiger charge is 2.13. The van der Waals surface area contributed by atoms with Crippen LogP contribution in [0.4, 0.5) is 0 Å². The molecule has 0 fully saturated rings. The average molecular weight is 328 g/mol. The Kier molecular flexibility index (Phi) is 6.70. The molecule has 1 aromatic heterocycles.